The van der Waals surface area contributed by atoms with Crippen LogP contribution in [0.25, 0.3) is 0 Å². The molecule has 3 nitrogen and oxygen atoms in total. The Balaban J connectivity index is 1.93. The van der Waals surface area contributed by atoms with E-state index >= 15 is 0 Å². The van der Waals surface area contributed by atoms with Gasteiger partial charge in [0.25, 0.3) is 0 Å². The van der Waals surface area contributed by atoms with Gasteiger partial charge in [0.05, 0.1) is 23.4 Å². The summed E-state index contributed by atoms with van der Waals surface area (Å²) in [6.45, 7) is 4.81. The van der Waals surface area contributed by atoms with E-state index in [0.29, 0.717) is 12.2 Å². The van der Waals surface area contributed by atoms with Crippen LogP contribution >= 0.6 is 0 Å². The first-order chi connectivity index (χ1) is 9.67. The van der Waals surface area contributed by atoms with Crippen molar-refractivity contribution in [3.63, 3.8) is 0 Å². The summed E-state index contributed by atoms with van der Waals surface area (Å²) in [5.74, 6) is 0.810. The van der Waals surface area contributed by atoms with E-state index in [0.717, 1.165) is 11.4 Å². The van der Waals surface area contributed by atoms with E-state index in [-0.39, 0.29) is 6.04 Å². The number of aryl methyl sites for hydroxylation is 2. The van der Waals surface area contributed by atoms with Crippen LogP contribution in [-0.2, 0) is 0 Å². The lowest BCUT2D eigenvalue weighted by Gasteiger charge is -2.29. The molecule has 3 rings (SSSR count). The van der Waals surface area contributed by atoms with Gasteiger partial charge in [0.1, 0.15) is 12.4 Å². The molecule has 0 aliphatic carbocycles. The molecule has 20 heavy (non-hydrogen) atoms. The molecule has 100 valence electrons. The standard InChI is InChI=1S/C17H16N2O/c1-11-3-5-14(12(2)7-11)16-10-20-17-6-4-13(9-18)8-15(17)19-16/h3-8,16,19H,10H2,1-2H3. The van der Waals surface area contributed by atoms with E-state index in [4.69, 9.17) is 10.00 Å². The van der Waals surface area contributed by atoms with Gasteiger partial charge in [-0.25, -0.2) is 0 Å². The second kappa shape index (κ2) is 4.90. The van der Waals surface area contributed by atoms with Crippen molar-refractivity contribution in [3.8, 4) is 11.8 Å². The average Bonchev–Trinajstić information content (AvgIpc) is 2.46. The number of hydrogen-bond acceptors (Lipinski definition) is 3. The first-order valence-electron chi connectivity index (χ1n) is 6.68. The van der Waals surface area contributed by atoms with E-state index in [1.807, 2.05) is 12.1 Å². The van der Waals surface area contributed by atoms with E-state index in [2.05, 4.69) is 43.4 Å². The van der Waals surface area contributed by atoms with E-state index in [1.54, 1.807) is 6.07 Å². The summed E-state index contributed by atoms with van der Waals surface area (Å²) in [6, 6.07) is 14.2. The largest absolute Gasteiger partial charge is 0.489 e. The minimum atomic E-state index is 0.122. The lowest BCUT2D eigenvalue weighted by molar-refractivity contribution is 0.286. The predicted octanol–water partition coefficient (Wildman–Crippen LogP) is 3.72. The van der Waals surface area contributed by atoms with Crippen molar-refractivity contribution in [1.29, 1.82) is 5.26 Å². The summed E-state index contributed by atoms with van der Waals surface area (Å²) in [6.07, 6.45) is 0. The summed E-state index contributed by atoms with van der Waals surface area (Å²) >= 11 is 0. The van der Waals surface area contributed by atoms with Crippen LogP contribution in [0.1, 0.15) is 28.3 Å². The molecule has 2 aromatic carbocycles. The van der Waals surface area contributed by atoms with Crippen molar-refractivity contribution in [2.45, 2.75) is 19.9 Å². The SMILES string of the molecule is Cc1ccc(C2COc3ccc(C#N)cc3N2)c(C)c1. The maximum Gasteiger partial charge on any atom is 0.142 e. The monoisotopic (exact) mass is 264 g/mol. The minimum absolute atomic E-state index is 0.122. The van der Waals surface area contributed by atoms with Crippen LogP contribution in [-0.4, -0.2) is 6.61 Å². The molecular weight excluding hydrogens is 248 g/mol. The van der Waals surface area contributed by atoms with Gasteiger partial charge in [0.2, 0.25) is 0 Å². The summed E-state index contributed by atoms with van der Waals surface area (Å²) in [4.78, 5) is 0. The first kappa shape index (κ1) is 12.6. The molecule has 0 radical (unpaired) electrons. The van der Waals surface area contributed by atoms with Gasteiger partial charge in [-0.05, 0) is 43.2 Å². The first-order valence-corrected chi connectivity index (χ1v) is 6.68. The highest BCUT2D eigenvalue weighted by Crippen LogP contribution is 2.35. The number of nitrogens with one attached hydrogen (secondary N) is 1. The van der Waals surface area contributed by atoms with Crippen LogP contribution in [0, 0.1) is 25.2 Å². The van der Waals surface area contributed by atoms with Crippen molar-refractivity contribution in [1.82, 2.24) is 0 Å². The van der Waals surface area contributed by atoms with Crippen LogP contribution in [0.5, 0.6) is 5.75 Å². The number of benzene rings is 2. The molecule has 0 aromatic heterocycles. The van der Waals surface area contributed by atoms with Crippen LogP contribution < -0.4 is 10.1 Å². The molecule has 2 aromatic rings. The van der Waals surface area contributed by atoms with Gasteiger partial charge in [0.15, 0.2) is 0 Å². The number of anilines is 1. The summed E-state index contributed by atoms with van der Waals surface area (Å²) in [7, 11) is 0. The lowest BCUT2D eigenvalue weighted by Crippen LogP contribution is -2.24. The Bertz CT molecular complexity index is 701. The highest BCUT2D eigenvalue weighted by atomic mass is 16.5. The van der Waals surface area contributed by atoms with Gasteiger partial charge in [-0.1, -0.05) is 23.8 Å². The Labute approximate surface area is 118 Å². The summed E-state index contributed by atoms with van der Waals surface area (Å²) in [5.41, 5.74) is 5.28. The Morgan fingerprint density at radius 1 is 1.20 bits per heavy atom. The smallest absolute Gasteiger partial charge is 0.142 e. The molecule has 0 spiro atoms. The zero-order valence-electron chi connectivity index (χ0n) is 11.6. The van der Waals surface area contributed by atoms with Gasteiger partial charge in [-0.3, -0.25) is 0 Å². The van der Waals surface area contributed by atoms with Crippen LogP contribution in [0.15, 0.2) is 36.4 Å². The number of rotatable bonds is 1. The molecule has 0 saturated carbocycles. The molecule has 0 fully saturated rings. The van der Waals surface area contributed by atoms with Gasteiger partial charge in [-0.2, -0.15) is 5.26 Å². The van der Waals surface area contributed by atoms with Crippen molar-refractivity contribution in [2.24, 2.45) is 0 Å². The zero-order valence-corrected chi connectivity index (χ0v) is 11.6. The zero-order chi connectivity index (χ0) is 14.1. The molecule has 0 amide bonds. The van der Waals surface area contributed by atoms with Crippen molar-refractivity contribution in [2.75, 3.05) is 11.9 Å². The highest BCUT2D eigenvalue weighted by molar-refractivity contribution is 5.62. The van der Waals surface area contributed by atoms with Crippen LogP contribution in [0.4, 0.5) is 5.69 Å². The summed E-state index contributed by atoms with van der Waals surface area (Å²) in [5, 5.41) is 12.5. The number of nitriles is 1. The van der Waals surface area contributed by atoms with Gasteiger partial charge in [-0.15, -0.1) is 0 Å². The normalized spacial score (nSPS) is 16.6. The highest BCUT2D eigenvalue weighted by Gasteiger charge is 2.21. The lowest BCUT2D eigenvalue weighted by atomic mass is 9.98. The third-order valence-electron chi connectivity index (χ3n) is 3.64. The van der Waals surface area contributed by atoms with E-state index in [1.165, 1.54) is 16.7 Å². The predicted molar refractivity (Wildman–Crippen MR) is 78.9 cm³/mol. The molecule has 1 unspecified atom stereocenters. The van der Waals surface area contributed by atoms with Gasteiger partial charge >= 0.3 is 0 Å². The summed E-state index contributed by atoms with van der Waals surface area (Å²) < 4.78 is 5.80. The minimum Gasteiger partial charge on any atom is -0.489 e. The number of nitrogens with zero attached hydrogens (tertiary/aromatic N) is 1. The number of fused-ring (bicyclic) bond motifs is 1. The van der Waals surface area contributed by atoms with Crippen molar-refractivity contribution >= 4 is 5.69 Å². The van der Waals surface area contributed by atoms with Crippen molar-refractivity contribution in [3.05, 3.63) is 58.7 Å². The van der Waals surface area contributed by atoms with Crippen molar-refractivity contribution < 1.29 is 4.74 Å². The average molecular weight is 264 g/mol. The van der Waals surface area contributed by atoms with Gasteiger partial charge in [0, 0.05) is 0 Å². The molecule has 1 aliphatic rings. The topological polar surface area (TPSA) is 45.0 Å². The number of hydrogen-bond donors (Lipinski definition) is 1. The fourth-order valence-corrected chi connectivity index (χ4v) is 2.62. The molecule has 1 N–H and O–H groups in total. The molecule has 0 bridgehead atoms. The van der Waals surface area contributed by atoms with Crippen LogP contribution in [0.3, 0.4) is 0 Å². The Morgan fingerprint density at radius 2 is 2.05 bits per heavy atom. The molecule has 1 aliphatic heterocycles. The maximum atomic E-state index is 8.98. The molecule has 1 heterocycles. The quantitative estimate of drug-likeness (QED) is 0.853. The molecule has 3 heteroatoms. The molecule has 1 atom stereocenters. The fraction of sp³-hybridized carbons (Fsp3) is 0.235. The second-order valence-electron chi connectivity index (χ2n) is 5.19. The molecule has 0 saturated heterocycles. The van der Waals surface area contributed by atoms with E-state index < -0.39 is 0 Å². The molecular formula is C17H16N2O. The Kier molecular flexibility index (Phi) is 3.08. The number of ether oxygens (including phenoxy) is 1. The van der Waals surface area contributed by atoms with E-state index in [9.17, 15) is 0 Å². The Hall–Kier alpha value is -2.47. The fourth-order valence-electron chi connectivity index (χ4n) is 2.62. The van der Waals surface area contributed by atoms with Gasteiger partial charge < -0.3 is 10.1 Å². The second-order valence-corrected chi connectivity index (χ2v) is 5.19. The maximum absolute atomic E-state index is 8.98. The Morgan fingerprint density at radius 3 is 2.80 bits per heavy atom. The third kappa shape index (κ3) is 2.21. The van der Waals surface area contributed by atoms with Crippen LogP contribution in [0.2, 0.25) is 0 Å². The third-order valence-corrected chi connectivity index (χ3v) is 3.64.